The van der Waals surface area contributed by atoms with E-state index in [1.165, 1.54) is 49.4 Å². The summed E-state index contributed by atoms with van der Waals surface area (Å²) in [7, 11) is -1.37. The van der Waals surface area contributed by atoms with E-state index in [-0.39, 0.29) is 28.6 Å². The van der Waals surface area contributed by atoms with Crippen LogP contribution < -0.4 is 14.4 Å². The van der Waals surface area contributed by atoms with Crippen LogP contribution in [0.3, 0.4) is 0 Å². The Balaban J connectivity index is 1.83. The summed E-state index contributed by atoms with van der Waals surface area (Å²) in [6, 6.07) is 23.8. The van der Waals surface area contributed by atoms with Crippen LogP contribution >= 0.6 is 34.8 Å². The first kappa shape index (κ1) is 34.1. The fourth-order valence-corrected chi connectivity index (χ4v) is 6.86. The first-order valence-electron chi connectivity index (χ1n) is 13.9. The van der Waals surface area contributed by atoms with Crippen LogP contribution in [0.25, 0.3) is 0 Å². The van der Waals surface area contributed by atoms with Crippen LogP contribution in [0.1, 0.15) is 16.7 Å². The van der Waals surface area contributed by atoms with Gasteiger partial charge in [0.25, 0.3) is 10.0 Å². The number of ether oxygens (including phenoxy) is 1. The topological polar surface area (TPSA) is 96.0 Å². The number of halogens is 3. The van der Waals surface area contributed by atoms with Gasteiger partial charge in [-0.05, 0) is 60.5 Å². The molecule has 0 saturated carbocycles. The number of carbonyl (C=O) groups excluding carboxylic acids is 2. The lowest BCUT2D eigenvalue weighted by Gasteiger charge is -2.34. The van der Waals surface area contributed by atoms with Crippen molar-refractivity contribution in [2.45, 2.75) is 30.8 Å². The smallest absolute Gasteiger partial charge is 0.264 e. The minimum Gasteiger partial charge on any atom is -0.495 e. The predicted octanol–water partition coefficient (Wildman–Crippen LogP) is 6.55. The van der Waals surface area contributed by atoms with Crippen molar-refractivity contribution >= 4 is 62.3 Å². The molecule has 0 aliphatic carbocycles. The van der Waals surface area contributed by atoms with Crippen LogP contribution in [0.2, 0.25) is 15.1 Å². The summed E-state index contributed by atoms with van der Waals surface area (Å²) in [5, 5.41) is 3.50. The number of aryl methyl sites for hydroxylation is 1. The Bertz CT molecular complexity index is 1770. The summed E-state index contributed by atoms with van der Waals surface area (Å²) in [5.74, 6) is -0.744. The number of nitrogens with one attached hydrogen (secondary N) is 1. The highest BCUT2D eigenvalue weighted by Crippen LogP contribution is 2.33. The molecule has 0 saturated heterocycles. The van der Waals surface area contributed by atoms with Crippen molar-refractivity contribution in [2.24, 2.45) is 0 Å². The van der Waals surface area contributed by atoms with E-state index in [9.17, 15) is 18.0 Å². The summed E-state index contributed by atoms with van der Waals surface area (Å²) in [5.41, 5.74) is 2.33. The maximum absolute atomic E-state index is 14.4. The molecule has 0 radical (unpaired) electrons. The van der Waals surface area contributed by atoms with Gasteiger partial charge in [0.15, 0.2) is 0 Å². The Labute approximate surface area is 278 Å². The molecule has 0 spiro atoms. The number of sulfonamides is 1. The van der Waals surface area contributed by atoms with Gasteiger partial charge in [-0.2, -0.15) is 0 Å². The first-order chi connectivity index (χ1) is 21.4. The van der Waals surface area contributed by atoms with Crippen LogP contribution in [-0.2, 0) is 32.6 Å². The Kier molecular flexibility index (Phi) is 11.4. The zero-order chi connectivity index (χ0) is 32.7. The van der Waals surface area contributed by atoms with E-state index in [0.29, 0.717) is 21.4 Å². The zero-order valence-corrected chi connectivity index (χ0v) is 27.9. The van der Waals surface area contributed by atoms with E-state index in [0.717, 1.165) is 15.4 Å². The highest BCUT2D eigenvalue weighted by atomic mass is 35.5. The fraction of sp³-hybridized carbons (Fsp3) is 0.212. The fourth-order valence-electron chi connectivity index (χ4n) is 4.73. The number of benzene rings is 4. The lowest BCUT2D eigenvalue weighted by molar-refractivity contribution is -0.139. The van der Waals surface area contributed by atoms with Crippen molar-refractivity contribution in [3.8, 4) is 5.75 Å². The normalized spacial score (nSPS) is 11.9. The molecule has 12 heteroatoms. The van der Waals surface area contributed by atoms with Crippen molar-refractivity contribution in [3.05, 3.63) is 123 Å². The van der Waals surface area contributed by atoms with Gasteiger partial charge in [0, 0.05) is 30.1 Å². The van der Waals surface area contributed by atoms with Crippen LogP contribution in [0, 0.1) is 6.92 Å². The summed E-state index contributed by atoms with van der Waals surface area (Å²) >= 11 is 19.0. The van der Waals surface area contributed by atoms with Crippen LogP contribution in [0.4, 0.5) is 5.69 Å². The summed E-state index contributed by atoms with van der Waals surface area (Å²) in [6.07, 6.45) is 0.163. The van der Waals surface area contributed by atoms with Crippen molar-refractivity contribution < 1.29 is 22.7 Å². The van der Waals surface area contributed by atoms with Crippen molar-refractivity contribution in [2.75, 3.05) is 25.0 Å². The average molecular weight is 689 g/mol. The predicted molar refractivity (Wildman–Crippen MR) is 179 cm³/mol. The maximum Gasteiger partial charge on any atom is 0.264 e. The van der Waals surface area contributed by atoms with Gasteiger partial charge >= 0.3 is 0 Å². The van der Waals surface area contributed by atoms with Gasteiger partial charge in [0.1, 0.15) is 18.3 Å². The molecule has 0 unspecified atom stereocenters. The van der Waals surface area contributed by atoms with E-state index in [1.54, 1.807) is 30.3 Å². The monoisotopic (exact) mass is 687 g/mol. The summed E-state index contributed by atoms with van der Waals surface area (Å²) in [6.45, 7) is 1.10. The van der Waals surface area contributed by atoms with E-state index in [2.05, 4.69) is 5.32 Å². The standard InChI is InChI=1S/C33H32Cl3N3O5S/c1-22-9-14-27(15-10-22)45(42,43)39(26-13-16-31(44-3)29(36)19-26)21-32(40)38(20-24-11-12-25(34)18-28(24)35)30(33(41)37-2)17-23-7-5-4-6-8-23/h4-16,18-19,30H,17,20-21H2,1-3H3,(H,37,41)/t30-/m0/s1. The second-order valence-electron chi connectivity index (χ2n) is 10.2. The molecule has 0 aromatic heterocycles. The molecule has 0 fully saturated rings. The van der Waals surface area contributed by atoms with Gasteiger partial charge in [0.05, 0.1) is 22.7 Å². The average Bonchev–Trinajstić information content (AvgIpc) is 3.02. The number of amides is 2. The van der Waals surface area contributed by atoms with Gasteiger partial charge in [-0.3, -0.25) is 13.9 Å². The molecule has 1 atom stereocenters. The third kappa shape index (κ3) is 8.29. The van der Waals surface area contributed by atoms with Gasteiger partial charge in [-0.1, -0.05) is 88.9 Å². The molecule has 1 N–H and O–H groups in total. The lowest BCUT2D eigenvalue weighted by Crippen LogP contribution is -2.53. The highest BCUT2D eigenvalue weighted by molar-refractivity contribution is 7.92. The second-order valence-corrected chi connectivity index (χ2v) is 13.3. The van der Waals surface area contributed by atoms with E-state index < -0.39 is 34.4 Å². The van der Waals surface area contributed by atoms with Crippen molar-refractivity contribution in [1.29, 1.82) is 0 Å². The first-order valence-corrected chi connectivity index (χ1v) is 16.4. The molecule has 8 nitrogen and oxygen atoms in total. The van der Waals surface area contributed by atoms with Gasteiger partial charge < -0.3 is 15.0 Å². The SMILES string of the molecule is CNC(=O)[C@H](Cc1ccccc1)N(Cc1ccc(Cl)cc1Cl)C(=O)CN(c1ccc(OC)c(Cl)c1)S(=O)(=O)c1ccc(C)cc1. The Morgan fingerprint density at radius 2 is 1.58 bits per heavy atom. The molecule has 0 aliphatic rings. The largest absolute Gasteiger partial charge is 0.495 e. The molecule has 0 aliphatic heterocycles. The van der Waals surface area contributed by atoms with Crippen molar-refractivity contribution in [3.63, 3.8) is 0 Å². The summed E-state index contributed by atoms with van der Waals surface area (Å²) in [4.78, 5) is 29.1. The Morgan fingerprint density at radius 1 is 0.889 bits per heavy atom. The molecule has 236 valence electrons. The third-order valence-electron chi connectivity index (χ3n) is 7.18. The number of anilines is 1. The number of rotatable bonds is 12. The van der Waals surface area contributed by atoms with Crippen molar-refractivity contribution in [1.82, 2.24) is 10.2 Å². The number of methoxy groups -OCH3 is 1. The molecule has 4 rings (SSSR count). The van der Waals surface area contributed by atoms with Gasteiger partial charge in [-0.25, -0.2) is 8.42 Å². The quantitative estimate of drug-likeness (QED) is 0.182. The Hall–Kier alpha value is -3.76. The number of likely N-dealkylation sites (N-methyl/N-ethyl adjacent to an activating group) is 1. The minimum atomic E-state index is -4.29. The number of hydrogen-bond acceptors (Lipinski definition) is 5. The third-order valence-corrected chi connectivity index (χ3v) is 9.85. The molecule has 4 aromatic carbocycles. The van der Waals surface area contributed by atoms with Crippen LogP contribution in [0.15, 0.2) is 95.9 Å². The molecular formula is C33H32Cl3N3O5S. The zero-order valence-electron chi connectivity index (χ0n) is 24.8. The lowest BCUT2D eigenvalue weighted by atomic mass is 10.0. The highest BCUT2D eigenvalue weighted by Gasteiger charge is 2.35. The number of carbonyl (C=O) groups is 2. The second kappa shape index (κ2) is 15.0. The number of nitrogens with zero attached hydrogens (tertiary/aromatic N) is 2. The van der Waals surface area contributed by atoms with Gasteiger partial charge in [-0.15, -0.1) is 0 Å². The van der Waals surface area contributed by atoms with E-state index in [4.69, 9.17) is 39.5 Å². The van der Waals surface area contributed by atoms with Crippen LogP contribution in [-0.4, -0.2) is 51.9 Å². The maximum atomic E-state index is 14.4. The van der Waals surface area contributed by atoms with E-state index >= 15 is 0 Å². The molecule has 0 heterocycles. The molecular weight excluding hydrogens is 657 g/mol. The summed E-state index contributed by atoms with van der Waals surface area (Å²) < 4.78 is 34.5. The van der Waals surface area contributed by atoms with Gasteiger partial charge in [0.2, 0.25) is 11.8 Å². The Morgan fingerprint density at radius 3 is 2.18 bits per heavy atom. The molecule has 2 amide bonds. The van der Waals surface area contributed by atoms with Crippen LogP contribution in [0.5, 0.6) is 5.75 Å². The molecule has 0 bridgehead atoms. The molecule has 45 heavy (non-hydrogen) atoms. The van der Waals surface area contributed by atoms with E-state index in [1.807, 2.05) is 37.3 Å². The molecule has 4 aromatic rings. The minimum absolute atomic E-state index is 0.0210. The number of hydrogen-bond donors (Lipinski definition) is 1.